The highest BCUT2D eigenvalue weighted by molar-refractivity contribution is 5.67. The Morgan fingerprint density at radius 1 is 1.33 bits per heavy atom. The van der Waals surface area contributed by atoms with Gasteiger partial charge in [-0.15, -0.1) is 0 Å². The van der Waals surface area contributed by atoms with E-state index >= 15 is 0 Å². The van der Waals surface area contributed by atoms with Gasteiger partial charge in [0, 0.05) is 6.04 Å². The number of carbonyl (C=O) groups is 1. The van der Waals surface area contributed by atoms with E-state index in [4.69, 9.17) is 5.11 Å². The van der Waals surface area contributed by atoms with Gasteiger partial charge < -0.3 is 10.0 Å². The molecule has 0 bridgehead atoms. The summed E-state index contributed by atoms with van der Waals surface area (Å²) < 4.78 is 0. The SMILES string of the molecule is CN(C)[C@@H](CC(=O)O)Cc1ccccc1. The Hall–Kier alpha value is -1.35. The van der Waals surface area contributed by atoms with E-state index in [9.17, 15) is 4.79 Å². The molecule has 1 rings (SSSR count). The molecule has 15 heavy (non-hydrogen) atoms. The molecular formula is C12H17NO2. The van der Waals surface area contributed by atoms with Crippen LogP contribution in [0.25, 0.3) is 0 Å². The first-order chi connectivity index (χ1) is 7.09. The predicted octanol–water partition coefficient (Wildman–Crippen LogP) is 1.63. The Balaban J connectivity index is 2.63. The van der Waals surface area contributed by atoms with Crippen LogP contribution < -0.4 is 0 Å². The molecular weight excluding hydrogens is 190 g/mol. The van der Waals surface area contributed by atoms with Crippen molar-refractivity contribution >= 4 is 5.97 Å². The Bertz CT molecular complexity index is 309. The summed E-state index contributed by atoms with van der Waals surface area (Å²) in [5.74, 6) is -0.746. The standard InChI is InChI=1S/C12H17NO2/c1-13(2)11(9-12(14)15)8-10-6-4-3-5-7-10/h3-7,11H,8-9H2,1-2H3,(H,14,15)/t11-/m1/s1. The Morgan fingerprint density at radius 2 is 1.93 bits per heavy atom. The highest BCUT2D eigenvalue weighted by Crippen LogP contribution is 2.09. The number of hydrogen-bond acceptors (Lipinski definition) is 2. The molecule has 0 unspecified atom stereocenters. The van der Waals surface area contributed by atoms with Gasteiger partial charge in [0.2, 0.25) is 0 Å². The fraction of sp³-hybridized carbons (Fsp3) is 0.417. The molecule has 3 heteroatoms. The molecule has 0 aliphatic heterocycles. The first-order valence-corrected chi connectivity index (χ1v) is 5.01. The third-order valence-electron chi connectivity index (χ3n) is 2.45. The summed E-state index contributed by atoms with van der Waals surface area (Å²) in [7, 11) is 3.83. The molecule has 0 saturated carbocycles. The van der Waals surface area contributed by atoms with Crippen LogP contribution in [0, 0.1) is 0 Å². The van der Waals surface area contributed by atoms with Gasteiger partial charge in [-0.1, -0.05) is 30.3 Å². The molecule has 82 valence electrons. The zero-order valence-corrected chi connectivity index (χ0v) is 9.18. The Labute approximate surface area is 90.3 Å². The van der Waals surface area contributed by atoms with Crippen molar-refractivity contribution in [2.75, 3.05) is 14.1 Å². The van der Waals surface area contributed by atoms with Crippen LogP contribution in [0.3, 0.4) is 0 Å². The van der Waals surface area contributed by atoms with E-state index in [-0.39, 0.29) is 12.5 Å². The minimum Gasteiger partial charge on any atom is -0.481 e. The van der Waals surface area contributed by atoms with E-state index in [1.54, 1.807) is 0 Å². The van der Waals surface area contributed by atoms with Crippen LogP contribution in [0.15, 0.2) is 30.3 Å². The summed E-state index contributed by atoms with van der Waals surface area (Å²) >= 11 is 0. The van der Waals surface area contributed by atoms with Crippen LogP contribution in [0.5, 0.6) is 0 Å². The number of benzene rings is 1. The fourth-order valence-corrected chi connectivity index (χ4v) is 1.53. The van der Waals surface area contributed by atoms with E-state index < -0.39 is 5.97 Å². The zero-order valence-electron chi connectivity index (χ0n) is 9.18. The van der Waals surface area contributed by atoms with Crippen molar-refractivity contribution in [1.82, 2.24) is 4.90 Å². The van der Waals surface area contributed by atoms with Gasteiger partial charge in [-0.3, -0.25) is 4.79 Å². The molecule has 1 aromatic carbocycles. The minimum absolute atomic E-state index is 0.0601. The lowest BCUT2D eigenvalue weighted by Gasteiger charge is -2.22. The summed E-state index contributed by atoms with van der Waals surface area (Å²) in [5, 5.41) is 8.78. The van der Waals surface area contributed by atoms with Gasteiger partial charge in [-0.25, -0.2) is 0 Å². The summed E-state index contributed by atoms with van der Waals surface area (Å²) in [5.41, 5.74) is 1.18. The summed E-state index contributed by atoms with van der Waals surface area (Å²) in [4.78, 5) is 12.6. The lowest BCUT2D eigenvalue weighted by molar-refractivity contribution is -0.138. The number of aliphatic carboxylic acids is 1. The Morgan fingerprint density at radius 3 is 2.40 bits per heavy atom. The smallest absolute Gasteiger partial charge is 0.304 e. The van der Waals surface area contributed by atoms with E-state index in [0.717, 1.165) is 6.42 Å². The van der Waals surface area contributed by atoms with Crippen LogP contribution in [-0.2, 0) is 11.2 Å². The van der Waals surface area contributed by atoms with Crippen molar-refractivity contribution in [2.24, 2.45) is 0 Å². The van der Waals surface area contributed by atoms with E-state index in [1.807, 2.05) is 49.3 Å². The van der Waals surface area contributed by atoms with Gasteiger partial charge in [-0.2, -0.15) is 0 Å². The number of likely N-dealkylation sites (N-methyl/N-ethyl adjacent to an activating group) is 1. The minimum atomic E-state index is -0.746. The van der Waals surface area contributed by atoms with Crippen LogP contribution in [-0.4, -0.2) is 36.1 Å². The number of nitrogens with zero attached hydrogens (tertiary/aromatic N) is 1. The highest BCUT2D eigenvalue weighted by atomic mass is 16.4. The van der Waals surface area contributed by atoms with Gasteiger partial charge in [-0.05, 0) is 26.1 Å². The zero-order chi connectivity index (χ0) is 11.3. The summed E-state index contributed by atoms with van der Waals surface area (Å²) in [6.45, 7) is 0. The van der Waals surface area contributed by atoms with Gasteiger partial charge in [0.05, 0.1) is 6.42 Å². The van der Waals surface area contributed by atoms with Crippen molar-refractivity contribution in [2.45, 2.75) is 18.9 Å². The molecule has 0 radical (unpaired) electrons. The summed E-state index contributed by atoms with van der Waals surface area (Å²) in [6.07, 6.45) is 0.960. The molecule has 0 aliphatic carbocycles. The van der Waals surface area contributed by atoms with Crippen LogP contribution in [0.2, 0.25) is 0 Å². The summed E-state index contributed by atoms with van der Waals surface area (Å²) in [6, 6.07) is 10.0. The van der Waals surface area contributed by atoms with Crippen LogP contribution in [0.4, 0.5) is 0 Å². The van der Waals surface area contributed by atoms with Gasteiger partial charge in [0.25, 0.3) is 0 Å². The second-order valence-electron chi connectivity index (χ2n) is 3.91. The largest absolute Gasteiger partial charge is 0.481 e. The quantitative estimate of drug-likeness (QED) is 0.797. The molecule has 0 spiro atoms. The maximum Gasteiger partial charge on any atom is 0.304 e. The van der Waals surface area contributed by atoms with Crippen molar-refractivity contribution in [3.05, 3.63) is 35.9 Å². The Kier molecular flexibility index (Phi) is 4.31. The highest BCUT2D eigenvalue weighted by Gasteiger charge is 2.15. The number of rotatable bonds is 5. The second kappa shape index (κ2) is 5.51. The van der Waals surface area contributed by atoms with Crippen LogP contribution >= 0.6 is 0 Å². The van der Waals surface area contributed by atoms with Crippen LogP contribution in [0.1, 0.15) is 12.0 Å². The molecule has 1 atom stereocenters. The lowest BCUT2D eigenvalue weighted by Crippen LogP contribution is -2.32. The first-order valence-electron chi connectivity index (χ1n) is 5.01. The maximum atomic E-state index is 10.7. The lowest BCUT2D eigenvalue weighted by atomic mass is 10.0. The molecule has 0 aliphatic rings. The molecule has 0 amide bonds. The number of hydrogen-bond donors (Lipinski definition) is 1. The maximum absolute atomic E-state index is 10.7. The average molecular weight is 207 g/mol. The fourth-order valence-electron chi connectivity index (χ4n) is 1.53. The van der Waals surface area contributed by atoms with Gasteiger partial charge in [0.15, 0.2) is 0 Å². The molecule has 0 heterocycles. The topological polar surface area (TPSA) is 40.5 Å². The normalized spacial score (nSPS) is 12.7. The molecule has 3 nitrogen and oxygen atoms in total. The van der Waals surface area contributed by atoms with Crippen molar-refractivity contribution in [1.29, 1.82) is 0 Å². The molecule has 1 aromatic rings. The van der Waals surface area contributed by atoms with Crippen molar-refractivity contribution < 1.29 is 9.90 Å². The van der Waals surface area contributed by atoms with E-state index in [1.165, 1.54) is 5.56 Å². The van der Waals surface area contributed by atoms with Gasteiger partial charge >= 0.3 is 5.97 Å². The molecule has 0 aromatic heterocycles. The van der Waals surface area contributed by atoms with Crippen molar-refractivity contribution in [3.8, 4) is 0 Å². The molecule has 0 fully saturated rings. The third-order valence-corrected chi connectivity index (χ3v) is 2.45. The van der Waals surface area contributed by atoms with Gasteiger partial charge in [0.1, 0.15) is 0 Å². The third kappa shape index (κ3) is 4.13. The van der Waals surface area contributed by atoms with E-state index in [2.05, 4.69) is 0 Å². The average Bonchev–Trinajstić information content (AvgIpc) is 2.17. The van der Waals surface area contributed by atoms with E-state index in [0.29, 0.717) is 0 Å². The van der Waals surface area contributed by atoms with Crippen molar-refractivity contribution in [3.63, 3.8) is 0 Å². The first kappa shape index (κ1) is 11.7. The molecule has 0 saturated heterocycles. The molecule has 1 N–H and O–H groups in total. The monoisotopic (exact) mass is 207 g/mol. The number of carboxylic acid groups (broad SMARTS) is 1. The number of carboxylic acids is 1. The predicted molar refractivity (Wildman–Crippen MR) is 59.9 cm³/mol. The second-order valence-corrected chi connectivity index (χ2v) is 3.91.